The molecule has 3 aromatic heterocycles. The molecule has 3 aromatic rings. The Kier molecular flexibility index (Phi) is 4.35. The van der Waals surface area contributed by atoms with Crippen LogP contribution in [-0.4, -0.2) is 25.1 Å². The Balaban J connectivity index is 1.49. The van der Waals surface area contributed by atoms with Crippen LogP contribution in [0.25, 0.3) is 0 Å². The quantitative estimate of drug-likeness (QED) is 0.576. The maximum absolute atomic E-state index is 4.54. The molecule has 8 heteroatoms. The van der Waals surface area contributed by atoms with E-state index in [0.29, 0.717) is 17.7 Å². The van der Waals surface area contributed by atoms with Crippen LogP contribution < -0.4 is 10.6 Å². The fourth-order valence-corrected chi connectivity index (χ4v) is 2.84. The van der Waals surface area contributed by atoms with E-state index in [4.69, 9.17) is 0 Å². The summed E-state index contributed by atoms with van der Waals surface area (Å²) in [6, 6.07) is 7.87. The Bertz CT molecular complexity index is 860. The lowest BCUT2D eigenvalue weighted by molar-refractivity contribution is 0.821. The number of halogens is 1. The second-order valence-electron chi connectivity index (χ2n) is 6.12. The lowest BCUT2D eigenvalue weighted by atomic mass is 10.2. The minimum absolute atomic E-state index is 0.00192. The van der Waals surface area contributed by atoms with Gasteiger partial charge in [-0.15, -0.1) is 0 Å². The fourth-order valence-electron chi connectivity index (χ4n) is 2.55. The van der Waals surface area contributed by atoms with Gasteiger partial charge in [0.25, 0.3) is 0 Å². The van der Waals surface area contributed by atoms with Crippen LogP contribution in [0.4, 0.5) is 17.6 Å². The second kappa shape index (κ2) is 6.79. The van der Waals surface area contributed by atoms with Crippen LogP contribution in [0, 0.1) is 0 Å². The van der Waals surface area contributed by atoms with E-state index in [0.717, 1.165) is 16.0 Å². The molecule has 1 saturated carbocycles. The number of anilines is 3. The van der Waals surface area contributed by atoms with Crippen LogP contribution in [0.5, 0.6) is 0 Å². The van der Waals surface area contributed by atoms with Crippen molar-refractivity contribution >= 4 is 33.5 Å². The van der Waals surface area contributed by atoms with E-state index in [1.54, 1.807) is 12.4 Å². The Labute approximate surface area is 153 Å². The maximum Gasteiger partial charge on any atom is 0.225 e. The third kappa shape index (κ3) is 3.79. The normalized spacial score (nSPS) is 15.0. The third-order valence-corrected chi connectivity index (χ3v) is 4.66. The molecule has 0 amide bonds. The molecule has 3 heterocycles. The first kappa shape index (κ1) is 16.0. The molecular formula is C17H18BrN7. The number of hydrogen-bond acceptors (Lipinski definition) is 6. The summed E-state index contributed by atoms with van der Waals surface area (Å²) in [4.78, 5) is 13.2. The van der Waals surface area contributed by atoms with Crippen molar-refractivity contribution in [3.8, 4) is 0 Å². The molecule has 1 aliphatic rings. The summed E-state index contributed by atoms with van der Waals surface area (Å²) in [7, 11) is 0. The topological polar surface area (TPSA) is 91.4 Å². The van der Waals surface area contributed by atoms with E-state index < -0.39 is 0 Å². The van der Waals surface area contributed by atoms with Crippen LogP contribution in [0.2, 0.25) is 0 Å². The zero-order valence-electron chi connectivity index (χ0n) is 13.7. The zero-order valence-corrected chi connectivity index (χ0v) is 15.3. The predicted octanol–water partition coefficient (Wildman–Crippen LogP) is 4.15. The molecule has 0 spiro atoms. The number of aromatic amines is 1. The predicted molar refractivity (Wildman–Crippen MR) is 99.9 cm³/mol. The van der Waals surface area contributed by atoms with Crippen molar-refractivity contribution in [1.29, 1.82) is 0 Å². The Hall–Kier alpha value is -2.48. The third-order valence-electron chi connectivity index (χ3n) is 4.08. The van der Waals surface area contributed by atoms with Crippen LogP contribution in [0.3, 0.4) is 0 Å². The molecule has 0 radical (unpaired) electrons. The monoisotopic (exact) mass is 399 g/mol. The van der Waals surface area contributed by atoms with Gasteiger partial charge in [-0.1, -0.05) is 6.07 Å². The summed E-state index contributed by atoms with van der Waals surface area (Å²) in [5, 5.41) is 13.9. The number of pyridine rings is 1. The highest BCUT2D eigenvalue weighted by Gasteiger charge is 2.25. The molecule has 0 aromatic carbocycles. The molecule has 0 bridgehead atoms. The molecule has 25 heavy (non-hydrogen) atoms. The molecule has 1 aliphatic carbocycles. The second-order valence-corrected chi connectivity index (χ2v) is 6.97. The standard InChI is InChI=1S/C17H18BrN7/c1-10(13-4-2-3-7-19-13)21-17-20-9-12(18)16(23-17)22-15-8-14(24-25-15)11-5-6-11/h2-4,7-11H,5-6H2,1H3,(H3,20,21,22,23,24,25). The van der Waals surface area contributed by atoms with Gasteiger partial charge in [0, 0.05) is 30.1 Å². The average molecular weight is 400 g/mol. The average Bonchev–Trinajstić information content (AvgIpc) is 3.38. The highest BCUT2D eigenvalue weighted by atomic mass is 79.9. The van der Waals surface area contributed by atoms with Crippen molar-refractivity contribution in [2.75, 3.05) is 10.6 Å². The van der Waals surface area contributed by atoms with E-state index in [-0.39, 0.29) is 6.04 Å². The van der Waals surface area contributed by atoms with Gasteiger partial charge in [0.15, 0.2) is 11.6 Å². The molecular weight excluding hydrogens is 382 g/mol. The minimum atomic E-state index is 0.00192. The Morgan fingerprint density at radius 2 is 2.16 bits per heavy atom. The number of nitrogens with zero attached hydrogens (tertiary/aromatic N) is 4. The molecule has 1 fully saturated rings. The first-order valence-corrected chi connectivity index (χ1v) is 9.00. The van der Waals surface area contributed by atoms with Crippen LogP contribution in [-0.2, 0) is 0 Å². The summed E-state index contributed by atoms with van der Waals surface area (Å²) >= 11 is 3.48. The van der Waals surface area contributed by atoms with Crippen molar-refractivity contribution in [1.82, 2.24) is 25.1 Å². The van der Waals surface area contributed by atoms with Gasteiger partial charge in [-0.25, -0.2) is 4.98 Å². The van der Waals surface area contributed by atoms with Crippen LogP contribution >= 0.6 is 15.9 Å². The summed E-state index contributed by atoms with van der Waals surface area (Å²) in [5.74, 6) is 2.58. The highest BCUT2D eigenvalue weighted by Crippen LogP contribution is 2.39. The molecule has 7 nitrogen and oxygen atoms in total. The van der Waals surface area contributed by atoms with Gasteiger partial charge in [-0.2, -0.15) is 10.1 Å². The smallest absolute Gasteiger partial charge is 0.225 e. The highest BCUT2D eigenvalue weighted by molar-refractivity contribution is 9.10. The molecule has 128 valence electrons. The molecule has 1 unspecified atom stereocenters. The zero-order chi connectivity index (χ0) is 17.2. The summed E-state index contributed by atoms with van der Waals surface area (Å²) in [6.45, 7) is 2.02. The van der Waals surface area contributed by atoms with Gasteiger partial charge in [0.05, 0.1) is 16.2 Å². The number of hydrogen-bond donors (Lipinski definition) is 3. The van der Waals surface area contributed by atoms with E-state index in [1.165, 1.54) is 18.5 Å². The lowest BCUT2D eigenvalue weighted by Gasteiger charge is -2.14. The van der Waals surface area contributed by atoms with Gasteiger partial charge in [0.2, 0.25) is 5.95 Å². The molecule has 0 saturated heterocycles. The Morgan fingerprint density at radius 1 is 1.28 bits per heavy atom. The minimum Gasteiger partial charge on any atom is -0.346 e. The fraction of sp³-hybridized carbons (Fsp3) is 0.294. The van der Waals surface area contributed by atoms with Crippen LogP contribution in [0.15, 0.2) is 41.1 Å². The summed E-state index contributed by atoms with van der Waals surface area (Å²) in [6.07, 6.45) is 5.96. The first-order chi connectivity index (χ1) is 12.2. The van der Waals surface area contributed by atoms with Crippen molar-refractivity contribution in [3.05, 3.63) is 52.5 Å². The molecule has 1 atom stereocenters. The molecule has 0 aliphatic heterocycles. The molecule has 4 rings (SSSR count). The maximum atomic E-state index is 4.54. The van der Waals surface area contributed by atoms with E-state index >= 15 is 0 Å². The SMILES string of the molecule is CC(Nc1ncc(Br)c(Nc2cc(C3CC3)[nH]n2)n1)c1ccccn1. The van der Waals surface area contributed by atoms with Crippen molar-refractivity contribution in [2.45, 2.75) is 31.7 Å². The van der Waals surface area contributed by atoms with Gasteiger partial charge in [0.1, 0.15) is 0 Å². The Morgan fingerprint density at radius 3 is 2.92 bits per heavy atom. The number of H-pyrrole nitrogens is 1. The van der Waals surface area contributed by atoms with Gasteiger partial charge >= 0.3 is 0 Å². The van der Waals surface area contributed by atoms with Gasteiger partial charge in [-0.3, -0.25) is 10.1 Å². The van der Waals surface area contributed by atoms with E-state index in [2.05, 4.69) is 51.7 Å². The van der Waals surface area contributed by atoms with Gasteiger partial charge in [-0.05, 0) is 47.8 Å². The number of nitrogens with one attached hydrogen (secondary N) is 3. The van der Waals surface area contributed by atoms with E-state index in [1.807, 2.05) is 31.2 Å². The van der Waals surface area contributed by atoms with E-state index in [9.17, 15) is 0 Å². The summed E-state index contributed by atoms with van der Waals surface area (Å²) < 4.78 is 0.777. The van der Waals surface area contributed by atoms with Gasteiger partial charge < -0.3 is 10.6 Å². The largest absolute Gasteiger partial charge is 0.346 e. The van der Waals surface area contributed by atoms with Crippen molar-refractivity contribution < 1.29 is 0 Å². The molecule has 3 N–H and O–H groups in total. The van der Waals surface area contributed by atoms with Crippen LogP contribution in [0.1, 0.15) is 43.1 Å². The van der Waals surface area contributed by atoms with Crippen molar-refractivity contribution in [2.24, 2.45) is 0 Å². The lowest BCUT2D eigenvalue weighted by Crippen LogP contribution is -2.11. The number of aromatic nitrogens is 5. The first-order valence-electron chi connectivity index (χ1n) is 8.21. The number of rotatable bonds is 6. The summed E-state index contributed by atoms with van der Waals surface area (Å²) in [5.41, 5.74) is 2.11. The van der Waals surface area contributed by atoms with Crippen molar-refractivity contribution in [3.63, 3.8) is 0 Å².